The van der Waals surface area contributed by atoms with Crippen LogP contribution in [0.25, 0.3) is 0 Å². The minimum Gasteiger partial charge on any atom is -0.360 e. The molecule has 17 heavy (non-hydrogen) atoms. The molecule has 2 heterocycles. The summed E-state index contributed by atoms with van der Waals surface area (Å²) in [4.78, 5) is 25.4. The van der Waals surface area contributed by atoms with E-state index in [1.54, 1.807) is 7.05 Å². The summed E-state index contributed by atoms with van der Waals surface area (Å²) < 4.78 is 2.49. The Morgan fingerprint density at radius 1 is 1.35 bits per heavy atom. The smallest absolute Gasteiger partial charge is 0.332 e. The van der Waals surface area contributed by atoms with Crippen LogP contribution in [0.15, 0.2) is 9.59 Å². The highest BCUT2D eigenvalue weighted by Gasteiger charge is 2.25. The summed E-state index contributed by atoms with van der Waals surface area (Å²) >= 11 is 0. The first-order valence-corrected chi connectivity index (χ1v) is 5.23. The van der Waals surface area contributed by atoms with Crippen molar-refractivity contribution in [1.82, 2.24) is 9.13 Å². The number of hydrogen-bond donors (Lipinski definition) is 1. The number of fused-ring (bicyclic) bond motifs is 1. The quantitative estimate of drug-likeness (QED) is 0.724. The van der Waals surface area contributed by atoms with Crippen LogP contribution in [0.1, 0.15) is 6.42 Å². The first-order chi connectivity index (χ1) is 8.07. The number of nitrogens with zero attached hydrogens (tertiary/aromatic N) is 4. The highest BCUT2D eigenvalue weighted by molar-refractivity contribution is 5.70. The van der Waals surface area contributed by atoms with Crippen LogP contribution in [0.2, 0.25) is 0 Å². The average molecular weight is 235 g/mol. The molecule has 0 saturated heterocycles. The monoisotopic (exact) mass is 235 g/mol. The van der Waals surface area contributed by atoms with Crippen molar-refractivity contribution in [3.8, 4) is 6.07 Å². The fourth-order valence-electron chi connectivity index (χ4n) is 1.98. The fraction of sp³-hybridized carbons (Fsp3) is 0.500. The van der Waals surface area contributed by atoms with Gasteiger partial charge >= 0.3 is 5.69 Å². The fourth-order valence-corrected chi connectivity index (χ4v) is 1.98. The molecule has 7 nitrogen and oxygen atoms in total. The second-order valence-corrected chi connectivity index (χ2v) is 3.91. The number of rotatable bonds is 2. The van der Waals surface area contributed by atoms with Crippen molar-refractivity contribution < 1.29 is 0 Å². The van der Waals surface area contributed by atoms with Crippen LogP contribution in [-0.2, 0) is 14.1 Å². The number of nitrogens with one attached hydrogen (secondary N) is 1. The predicted octanol–water partition coefficient (Wildman–Crippen LogP) is -0.813. The van der Waals surface area contributed by atoms with E-state index < -0.39 is 0 Å². The first-order valence-electron chi connectivity index (χ1n) is 5.23. The first kappa shape index (κ1) is 11.3. The molecular weight excluding hydrogens is 222 g/mol. The molecule has 1 aromatic rings. The van der Waals surface area contributed by atoms with Crippen molar-refractivity contribution in [2.75, 3.05) is 23.4 Å². The van der Waals surface area contributed by atoms with E-state index in [1.165, 1.54) is 11.6 Å². The van der Waals surface area contributed by atoms with E-state index in [-0.39, 0.29) is 11.2 Å². The van der Waals surface area contributed by atoms with Gasteiger partial charge in [0.05, 0.1) is 19.2 Å². The number of hydrogen-bond acceptors (Lipinski definition) is 5. The molecule has 0 atom stereocenters. The summed E-state index contributed by atoms with van der Waals surface area (Å²) in [5, 5.41) is 11.5. The third-order valence-electron chi connectivity index (χ3n) is 2.87. The normalized spacial score (nSPS) is 13.1. The lowest BCUT2D eigenvalue weighted by atomic mass is 10.4. The maximum absolute atomic E-state index is 11.8. The van der Waals surface area contributed by atoms with Gasteiger partial charge in [-0.3, -0.25) is 13.9 Å². The summed E-state index contributed by atoms with van der Waals surface area (Å²) in [6.45, 7) is 0.945. The largest absolute Gasteiger partial charge is 0.360 e. The minimum absolute atomic E-state index is 0.331. The van der Waals surface area contributed by atoms with Crippen LogP contribution >= 0.6 is 0 Å². The summed E-state index contributed by atoms with van der Waals surface area (Å²) in [5.41, 5.74) is -0.269. The Bertz CT molecular complexity index is 607. The van der Waals surface area contributed by atoms with E-state index in [9.17, 15) is 9.59 Å². The van der Waals surface area contributed by atoms with Crippen LogP contribution in [0, 0.1) is 11.3 Å². The molecule has 0 fully saturated rings. The van der Waals surface area contributed by atoms with Crippen molar-refractivity contribution in [2.45, 2.75) is 6.42 Å². The van der Waals surface area contributed by atoms with E-state index in [0.29, 0.717) is 31.1 Å². The third kappa shape index (κ3) is 1.58. The van der Waals surface area contributed by atoms with Crippen LogP contribution in [0.4, 0.5) is 11.5 Å². The van der Waals surface area contributed by atoms with Crippen molar-refractivity contribution in [2.24, 2.45) is 14.1 Å². The van der Waals surface area contributed by atoms with Gasteiger partial charge in [-0.1, -0.05) is 0 Å². The van der Waals surface area contributed by atoms with Crippen molar-refractivity contribution in [3.05, 3.63) is 20.8 Å². The number of aromatic nitrogens is 2. The molecule has 1 N–H and O–H groups in total. The molecule has 2 rings (SSSR count). The van der Waals surface area contributed by atoms with E-state index in [1.807, 2.05) is 11.0 Å². The minimum atomic E-state index is -0.362. The molecule has 0 aliphatic carbocycles. The topological polar surface area (TPSA) is 83.1 Å². The van der Waals surface area contributed by atoms with Gasteiger partial charge in [0.2, 0.25) is 0 Å². The molecule has 1 aliphatic rings. The zero-order valence-electron chi connectivity index (χ0n) is 9.73. The Balaban J connectivity index is 2.57. The van der Waals surface area contributed by atoms with Gasteiger partial charge in [-0.05, 0) is 0 Å². The van der Waals surface area contributed by atoms with Crippen molar-refractivity contribution in [1.29, 1.82) is 5.26 Å². The van der Waals surface area contributed by atoms with Crippen LogP contribution < -0.4 is 21.5 Å². The third-order valence-corrected chi connectivity index (χ3v) is 2.87. The zero-order chi connectivity index (χ0) is 12.6. The SMILES string of the molecule is Cn1c2c(c(=O)n(C)c1=O)NCN2CCC#N. The summed E-state index contributed by atoms with van der Waals surface area (Å²) in [6, 6.07) is 2.05. The summed E-state index contributed by atoms with van der Waals surface area (Å²) in [5.74, 6) is 0.563. The lowest BCUT2D eigenvalue weighted by molar-refractivity contribution is 0.681. The maximum Gasteiger partial charge on any atom is 0.332 e. The Kier molecular flexibility index (Phi) is 2.63. The van der Waals surface area contributed by atoms with Gasteiger partial charge in [-0.25, -0.2) is 4.79 Å². The Hall–Kier alpha value is -2.23. The maximum atomic E-state index is 11.8. The van der Waals surface area contributed by atoms with E-state index in [0.717, 1.165) is 4.57 Å². The zero-order valence-corrected chi connectivity index (χ0v) is 9.73. The highest BCUT2D eigenvalue weighted by atomic mass is 16.2. The highest BCUT2D eigenvalue weighted by Crippen LogP contribution is 2.25. The van der Waals surface area contributed by atoms with Crippen LogP contribution in [-0.4, -0.2) is 22.3 Å². The van der Waals surface area contributed by atoms with Gasteiger partial charge in [0.15, 0.2) is 0 Å². The molecule has 0 aromatic carbocycles. The second kappa shape index (κ2) is 3.97. The Morgan fingerprint density at radius 3 is 2.71 bits per heavy atom. The molecule has 0 amide bonds. The van der Waals surface area contributed by atoms with Gasteiger partial charge in [-0.15, -0.1) is 0 Å². The van der Waals surface area contributed by atoms with Gasteiger partial charge in [0.25, 0.3) is 5.56 Å². The van der Waals surface area contributed by atoms with Crippen molar-refractivity contribution >= 4 is 11.5 Å². The molecule has 90 valence electrons. The van der Waals surface area contributed by atoms with E-state index in [4.69, 9.17) is 5.26 Å². The molecule has 0 spiro atoms. The Morgan fingerprint density at radius 2 is 2.06 bits per heavy atom. The van der Waals surface area contributed by atoms with Gasteiger partial charge in [0, 0.05) is 20.6 Å². The Labute approximate surface area is 97.5 Å². The summed E-state index contributed by atoms with van der Waals surface area (Å²) in [6.07, 6.45) is 0.352. The van der Waals surface area contributed by atoms with Gasteiger partial charge in [-0.2, -0.15) is 5.26 Å². The average Bonchev–Trinajstić information content (AvgIpc) is 2.75. The lowest BCUT2D eigenvalue weighted by Gasteiger charge is -2.18. The van der Waals surface area contributed by atoms with E-state index >= 15 is 0 Å². The molecule has 1 aromatic heterocycles. The van der Waals surface area contributed by atoms with Crippen molar-refractivity contribution in [3.63, 3.8) is 0 Å². The number of anilines is 2. The number of nitriles is 1. The predicted molar refractivity (Wildman–Crippen MR) is 63.0 cm³/mol. The molecule has 7 heteroatoms. The van der Waals surface area contributed by atoms with Crippen LogP contribution in [0.5, 0.6) is 0 Å². The van der Waals surface area contributed by atoms with E-state index in [2.05, 4.69) is 5.32 Å². The van der Waals surface area contributed by atoms with Gasteiger partial charge in [0.1, 0.15) is 11.5 Å². The molecule has 0 unspecified atom stereocenters. The second-order valence-electron chi connectivity index (χ2n) is 3.91. The van der Waals surface area contributed by atoms with Gasteiger partial charge < -0.3 is 10.2 Å². The van der Waals surface area contributed by atoms with Crippen LogP contribution in [0.3, 0.4) is 0 Å². The molecule has 1 aliphatic heterocycles. The lowest BCUT2D eigenvalue weighted by Crippen LogP contribution is -2.38. The summed E-state index contributed by atoms with van der Waals surface area (Å²) in [7, 11) is 3.07. The standard InChI is InChI=1S/C10H13N5O2/c1-13-8-7(9(16)14(2)10(13)17)12-6-15(8)5-3-4-11/h12H,3,5-6H2,1-2H3. The molecule has 0 saturated carbocycles. The molecule has 0 bridgehead atoms. The molecular formula is C10H13N5O2. The molecule has 0 radical (unpaired) electrons.